The summed E-state index contributed by atoms with van der Waals surface area (Å²) < 4.78 is 11.2. The van der Waals surface area contributed by atoms with Crippen molar-refractivity contribution in [3.63, 3.8) is 0 Å². The fraction of sp³-hybridized carbons (Fsp3) is 1.00. The van der Waals surface area contributed by atoms with E-state index in [1.165, 1.54) is 25.7 Å². The van der Waals surface area contributed by atoms with E-state index in [0.717, 1.165) is 25.7 Å². The number of hydrogen-bond donors (Lipinski definition) is 1. The maximum atomic E-state index is 5.83. The van der Waals surface area contributed by atoms with Crippen LogP contribution in [0.4, 0.5) is 0 Å². The van der Waals surface area contributed by atoms with E-state index in [1.807, 2.05) is 0 Å². The molecule has 3 aliphatic rings. The first kappa shape index (κ1) is 9.13. The molecule has 4 atom stereocenters. The number of nitrogens with one attached hydrogen (secondary N) is 1. The minimum atomic E-state index is 0.565. The van der Waals surface area contributed by atoms with Gasteiger partial charge in [0.2, 0.25) is 0 Å². The maximum absolute atomic E-state index is 5.83. The van der Waals surface area contributed by atoms with E-state index in [2.05, 4.69) is 5.32 Å². The molecule has 14 heavy (non-hydrogen) atoms. The molecule has 1 unspecified atom stereocenters. The molecule has 0 aromatic rings. The highest BCUT2D eigenvalue weighted by atomic mass is 16.5. The molecule has 0 aromatic heterocycles. The van der Waals surface area contributed by atoms with E-state index in [4.69, 9.17) is 9.47 Å². The predicted octanol–water partition coefficient (Wildman–Crippen LogP) is 0.932. The SMILES string of the molecule is C1CC(NC[C@@H]2C[C@@H]3CC[C@H]2O3)CO1. The number of ether oxygens (including phenoxy) is 2. The van der Waals surface area contributed by atoms with Crippen LogP contribution >= 0.6 is 0 Å². The van der Waals surface area contributed by atoms with Gasteiger partial charge >= 0.3 is 0 Å². The Morgan fingerprint density at radius 2 is 2.21 bits per heavy atom. The topological polar surface area (TPSA) is 30.5 Å². The van der Waals surface area contributed by atoms with E-state index >= 15 is 0 Å². The van der Waals surface area contributed by atoms with E-state index in [0.29, 0.717) is 18.2 Å². The zero-order valence-corrected chi connectivity index (χ0v) is 8.58. The first-order chi connectivity index (χ1) is 6.92. The summed E-state index contributed by atoms with van der Waals surface area (Å²) in [6.45, 7) is 2.97. The fourth-order valence-corrected chi connectivity index (χ4v) is 2.97. The van der Waals surface area contributed by atoms with Crippen LogP contribution in [0.15, 0.2) is 0 Å². The largest absolute Gasteiger partial charge is 0.380 e. The van der Waals surface area contributed by atoms with Gasteiger partial charge in [-0.3, -0.25) is 0 Å². The molecule has 0 spiro atoms. The van der Waals surface area contributed by atoms with Crippen LogP contribution in [-0.2, 0) is 9.47 Å². The summed E-state index contributed by atoms with van der Waals surface area (Å²) in [6, 6.07) is 0.606. The van der Waals surface area contributed by atoms with Crippen molar-refractivity contribution in [3.05, 3.63) is 0 Å². The Kier molecular flexibility index (Phi) is 2.48. The average molecular weight is 197 g/mol. The molecule has 3 aliphatic heterocycles. The van der Waals surface area contributed by atoms with Crippen LogP contribution in [0.5, 0.6) is 0 Å². The predicted molar refractivity (Wildman–Crippen MR) is 53.2 cm³/mol. The monoisotopic (exact) mass is 197 g/mol. The maximum Gasteiger partial charge on any atom is 0.0621 e. The highest BCUT2D eigenvalue weighted by Gasteiger charge is 2.40. The first-order valence-electron chi connectivity index (χ1n) is 5.88. The van der Waals surface area contributed by atoms with E-state index < -0.39 is 0 Å². The van der Waals surface area contributed by atoms with Gasteiger partial charge in [-0.15, -0.1) is 0 Å². The Labute approximate surface area is 85.1 Å². The van der Waals surface area contributed by atoms with Crippen molar-refractivity contribution in [2.45, 2.75) is 43.9 Å². The molecule has 80 valence electrons. The van der Waals surface area contributed by atoms with Gasteiger partial charge in [-0.1, -0.05) is 0 Å². The fourth-order valence-electron chi connectivity index (χ4n) is 2.97. The lowest BCUT2D eigenvalue weighted by molar-refractivity contribution is 0.0917. The average Bonchev–Trinajstić information content (AvgIpc) is 2.91. The van der Waals surface area contributed by atoms with Gasteiger partial charge in [0.05, 0.1) is 18.8 Å². The normalized spacial score (nSPS) is 46.3. The molecule has 0 saturated carbocycles. The summed E-state index contributed by atoms with van der Waals surface area (Å²) in [4.78, 5) is 0. The second kappa shape index (κ2) is 3.80. The van der Waals surface area contributed by atoms with Crippen molar-refractivity contribution in [3.8, 4) is 0 Å². The highest BCUT2D eigenvalue weighted by molar-refractivity contribution is 4.91. The Morgan fingerprint density at radius 3 is 2.86 bits per heavy atom. The Bertz CT molecular complexity index is 203. The number of hydrogen-bond acceptors (Lipinski definition) is 3. The van der Waals surface area contributed by atoms with Crippen LogP contribution in [0.3, 0.4) is 0 Å². The molecule has 2 bridgehead atoms. The van der Waals surface area contributed by atoms with Gasteiger partial charge in [0.15, 0.2) is 0 Å². The van der Waals surface area contributed by atoms with Crippen molar-refractivity contribution in [2.75, 3.05) is 19.8 Å². The molecule has 3 nitrogen and oxygen atoms in total. The molecule has 3 rings (SSSR count). The third-order valence-corrected chi connectivity index (χ3v) is 3.83. The van der Waals surface area contributed by atoms with E-state index in [-0.39, 0.29) is 0 Å². The second-order valence-electron chi connectivity index (χ2n) is 4.84. The lowest BCUT2D eigenvalue weighted by atomic mass is 9.89. The summed E-state index contributed by atoms with van der Waals surface area (Å²) in [5, 5.41) is 3.60. The van der Waals surface area contributed by atoms with Gasteiger partial charge in [-0.05, 0) is 25.7 Å². The first-order valence-corrected chi connectivity index (χ1v) is 5.88. The highest BCUT2D eigenvalue weighted by Crippen LogP contribution is 2.38. The van der Waals surface area contributed by atoms with Crippen molar-refractivity contribution in [2.24, 2.45) is 5.92 Å². The van der Waals surface area contributed by atoms with Crippen LogP contribution in [0, 0.1) is 5.92 Å². The molecule has 1 N–H and O–H groups in total. The lowest BCUT2D eigenvalue weighted by Crippen LogP contribution is -2.36. The van der Waals surface area contributed by atoms with Crippen molar-refractivity contribution in [1.29, 1.82) is 0 Å². The molecule has 0 aromatic carbocycles. The number of rotatable bonds is 3. The van der Waals surface area contributed by atoms with E-state index in [1.54, 1.807) is 0 Å². The van der Waals surface area contributed by atoms with Gasteiger partial charge < -0.3 is 14.8 Å². The summed E-state index contributed by atoms with van der Waals surface area (Å²) in [6.07, 6.45) is 6.21. The van der Waals surface area contributed by atoms with Crippen LogP contribution in [0.25, 0.3) is 0 Å². The van der Waals surface area contributed by atoms with Gasteiger partial charge in [0.25, 0.3) is 0 Å². The molecule has 0 radical (unpaired) electrons. The van der Waals surface area contributed by atoms with Crippen molar-refractivity contribution >= 4 is 0 Å². The van der Waals surface area contributed by atoms with E-state index in [9.17, 15) is 0 Å². The molecule has 3 heteroatoms. The van der Waals surface area contributed by atoms with Gasteiger partial charge in [0, 0.05) is 25.1 Å². The zero-order valence-electron chi connectivity index (χ0n) is 8.58. The summed E-state index contributed by atoms with van der Waals surface area (Å²) in [7, 11) is 0. The van der Waals surface area contributed by atoms with Crippen molar-refractivity contribution < 1.29 is 9.47 Å². The lowest BCUT2D eigenvalue weighted by Gasteiger charge is -2.20. The Balaban J connectivity index is 1.44. The minimum Gasteiger partial charge on any atom is -0.380 e. The third-order valence-electron chi connectivity index (χ3n) is 3.83. The van der Waals surface area contributed by atoms with Crippen LogP contribution in [-0.4, -0.2) is 38.0 Å². The zero-order chi connectivity index (χ0) is 9.38. The summed E-state index contributed by atoms with van der Waals surface area (Å²) >= 11 is 0. The molecule has 0 aliphatic carbocycles. The molecule has 0 amide bonds. The minimum absolute atomic E-state index is 0.565. The van der Waals surface area contributed by atoms with Crippen LogP contribution in [0.1, 0.15) is 25.7 Å². The quantitative estimate of drug-likeness (QED) is 0.730. The smallest absolute Gasteiger partial charge is 0.0621 e. The Hall–Kier alpha value is -0.120. The molecule has 3 saturated heterocycles. The number of fused-ring (bicyclic) bond motifs is 2. The van der Waals surface area contributed by atoms with Gasteiger partial charge in [0.1, 0.15) is 0 Å². The third kappa shape index (κ3) is 1.69. The molecule has 3 heterocycles. The standard InChI is InChI=1S/C11H19NO2/c1-2-11-8(5-10(1)14-11)6-12-9-3-4-13-7-9/h8-12H,1-7H2/t8-,9?,10-,11+/m0/s1. The van der Waals surface area contributed by atoms with Gasteiger partial charge in [-0.2, -0.15) is 0 Å². The summed E-state index contributed by atoms with van der Waals surface area (Å²) in [5.74, 6) is 0.773. The van der Waals surface area contributed by atoms with Crippen LogP contribution in [0.2, 0.25) is 0 Å². The van der Waals surface area contributed by atoms with Crippen LogP contribution < -0.4 is 5.32 Å². The van der Waals surface area contributed by atoms with Crippen molar-refractivity contribution in [1.82, 2.24) is 5.32 Å². The van der Waals surface area contributed by atoms with Gasteiger partial charge in [-0.25, -0.2) is 0 Å². The molecular formula is C11H19NO2. The second-order valence-corrected chi connectivity index (χ2v) is 4.84. The Morgan fingerprint density at radius 1 is 1.21 bits per heavy atom. The summed E-state index contributed by atoms with van der Waals surface area (Å²) in [5.41, 5.74) is 0. The molecule has 3 fully saturated rings. The molecular weight excluding hydrogens is 178 g/mol.